The van der Waals surface area contributed by atoms with E-state index in [2.05, 4.69) is 10.3 Å². The van der Waals surface area contributed by atoms with Crippen LogP contribution in [0.4, 0.5) is 13.2 Å². The Morgan fingerprint density at radius 1 is 0.919 bits per heavy atom. The SMILES string of the molecule is O=C(NCc1ccccc1)c1coc(CN(Cc2cccc(C(F)(F)F)c2)Cc2ccc(Cl)cc2Cl)n1. The molecular formula is C27H22Cl2F3N3O2. The lowest BCUT2D eigenvalue weighted by Gasteiger charge is -2.22. The molecule has 5 nitrogen and oxygen atoms in total. The predicted molar refractivity (Wildman–Crippen MR) is 135 cm³/mol. The molecule has 1 N–H and O–H groups in total. The summed E-state index contributed by atoms with van der Waals surface area (Å²) in [7, 11) is 0. The highest BCUT2D eigenvalue weighted by Gasteiger charge is 2.30. The second-order valence-electron chi connectivity index (χ2n) is 8.37. The Morgan fingerprint density at radius 3 is 2.41 bits per heavy atom. The number of oxazole rings is 1. The molecule has 1 amide bonds. The third-order valence-corrected chi connectivity index (χ3v) is 6.10. The van der Waals surface area contributed by atoms with Crippen molar-refractivity contribution in [2.45, 2.75) is 32.4 Å². The Bertz CT molecular complexity index is 1360. The van der Waals surface area contributed by atoms with Gasteiger partial charge in [0.1, 0.15) is 6.26 Å². The highest BCUT2D eigenvalue weighted by Crippen LogP contribution is 2.30. The number of hydrogen-bond acceptors (Lipinski definition) is 4. The van der Waals surface area contributed by atoms with Crippen LogP contribution in [0.25, 0.3) is 0 Å². The largest absolute Gasteiger partial charge is 0.447 e. The lowest BCUT2D eigenvalue weighted by atomic mass is 10.1. The third-order valence-electron chi connectivity index (χ3n) is 5.51. The van der Waals surface area contributed by atoms with Crippen molar-refractivity contribution in [3.8, 4) is 0 Å². The van der Waals surface area contributed by atoms with Crippen LogP contribution in [0.1, 0.15) is 38.6 Å². The van der Waals surface area contributed by atoms with E-state index in [-0.39, 0.29) is 31.2 Å². The van der Waals surface area contributed by atoms with Crippen molar-refractivity contribution in [1.29, 1.82) is 0 Å². The highest BCUT2D eigenvalue weighted by molar-refractivity contribution is 6.35. The minimum absolute atomic E-state index is 0.106. The molecule has 0 atom stereocenters. The topological polar surface area (TPSA) is 58.4 Å². The number of nitrogens with one attached hydrogen (secondary N) is 1. The highest BCUT2D eigenvalue weighted by atomic mass is 35.5. The number of rotatable bonds is 9. The summed E-state index contributed by atoms with van der Waals surface area (Å²) < 4.78 is 45.2. The van der Waals surface area contributed by atoms with Crippen LogP contribution < -0.4 is 5.32 Å². The number of alkyl halides is 3. The molecule has 0 saturated carbocycles. The van der Waals surface area contributed by atoms with Crippen molar-refractivity contribution in [2.24, 2.45) is 0 Å². The van der Waals surface area contributed by atoms with Crippen LogP contribution in [-0.2, 0) is 32.4 Å². The molecule has 0 radical (unpaired) electrons. The van der Waals surface area contributed by atoms with Crippen LogP contribution in [0.2, 0.25) is 10.0 Å². The molecule has 0 saturated heterocycles. The Kier molecular flexibility index (Phi) is 8.53. The van der Waals surface area contributed by atoms with Gasteiger partial charge in [0.2, 0.25) is 5.89 Å². The maximum Gasteiger partial charge on any atom is 0.416 e. The minimum Gasteiger partial charge on any atom is -0.447 e. The van der Waals surface area contributed by atoms with Gasteiger partial charge in [-0.1, -0.05) is 77.8 Å². The maximum absolute atomic E-state index is 13.2. The fourth-order valence-electron chi connectivity index (χ4n) is 3.71. The van der Waals surface area contributed by atoms with E-state index in [0.29, 0.717) is 22.2 Å². The fourth-order valence-corrected chi connectivity index (χ4v) is 4.18. The smallest absolute Gasteiger partial charge is 0.416 e. The van der Waals surface area contributed by atoms with Crippen LogP contribution in [0.15, 0.2) is 83.5 Å². The average Bonchev–Trinajstić information content (AvgIpc) is 3.33. The fraction of sp³-hybridized carbons (Fsp3) is 0.185. The van der Waals surface area contributed by atoms with E-state index in [1.54, 1.807) is 24.3 Å². The van der Waals surface area contributed by atoms with Gasteiger partial charge in [-0.15, -0.1) is 0 Å². The van der Waals surface area contributed by atoms with Gasteiger partial charge in [-0.2, -0.15) is 13.2 Å². The first-order valence-electron chi connectivity index (χ1n) is 11.3. The lowest BCUT2D eigenvalue weighted by Crippen LogP contribution is -2.24. The van der Waals surface area contributed by atoms with Crippen LogP contribution in [-0.4, -0.2) is 15.8 Å². The first kappa shape index (κ1) is 26.7. The van der Waals surface area contributed by atoms with Gasteiger partial charge in [0.25, 0.3) is 5.91 Å². The Labute approximate surface area is 221 Å². The second kappa shape index (κ2) is 11.8. The molecule has 0 bridgehead atoms. The first-order chi connectivity index (χ1) is 17.7. The average molecular weight is 548 g/mol. The number of aromatic nitrogens is 1. The zero-order chi connectivity index (χ0) is 26.4. The van der Waals surface area contributed by atoms with Crippen molar-refractivity contribution >= 4 is 29.1 Å². The number of carbonyl (C=O) groups is 1. The lowest BCUT2D eigenvalue weighted by molar-refractivity contribution is -0.137. The van der Waals surface area contributed by atoms with Crippen LogP contribution in [0.5, 0.6) is 0 Å². The Balaban J connectivity index is 1.50. The third kappa shape index (κ3) is 7.58. The summed E-state index contributed by atoms with van der Waals surface area (Å²) in [6, 6.07) is 19.6. The summed E-state index contributed by atoms with van der Waals surface area (Å²) in [6.07, 6.45) is -3.20. The number of halogens is 5. The maximum atomic E-state index is 13.2. The molecule has 192 valence electrons. The molecule has 3 aromatic carbocycles. The first-order valence-corrected chi connectivity index (χ1v) is 12.0. The van der Waals surface area contributed by atoms with E-state index in [1.165, 1.54) is 12.3 Å². The molecule has 0 spiro atoms. The predicted octanol–water partition coefficient (Wildman–Crippen LogP) is 7.13. The number of nitrogens with zero attached hydrogens (tertiary/aromatic N) is 2. The van der Waals surface area contributed by atoms with Gasteiger partial charge in [-0.25, -0.2) is 4.98 Å². The number of amides is 1. The van der Waals surface area contributed by atoms with Gasteiger partial charge in [0.05, 0.1) is 12.1 Å². The summed E-state index contributed by atoms with van der Waals surface area (Å²) in [5.41, 5.74) is 1.49. The standard InChI is InChI=1S/C27H22Cl2F3N3O2/c28-22-10-9-20(23(29)12-22)15-35(14-19-7-4-8-21(11-19)27(30,31)32)16-25-34-24(17-37-25)26(36)33-13-18-5-2-1-3-6-18/h1-12,17H,13-16H2,(H,33,36). The van der Waals surface area contributed by atoms with Crippen LogP contribution in [0.3, 0.4) is 0 Å². The van der Waals surface area contributed by atoms with Crippen molar-refractivity contribution < 1.29 is 22.4 Å². The van der Waals surface area contributed by atoms with Crippen molar-refractivity contribution in [3.63, 3.8) is 0 Å². The molecule has 4 rings (SSSR count). The molecular weight excluding hydrogens is 526 g/mol. The van der Waals surface area contributed by atoms with E-state index in [0.717, 1.165) is 23.3 Å². The van der Waals surface area contributed by atoms with E-state index in [4.69, 9.17) is 27.6 Å². The summed E-state index contributed by atoms with van der Waals surface area (Å²) in [4.78, 5) is 18.6. The second-order valence-corrected chi connectivity index (χ2v) is 9.22. The Morgan fingerprint density at radius 2 is 1.68 bits per heavy atom. The van der Waals surface area contributed by atoms with E-state index >= 15 is 0 Å². The van der Waals surface area contributed by atoms with Gasteiger partial charge in [-0.3, -0.25) is 9.69 Å². The zero-order valence-electron chi connectivity index (χ0n) is 19.4. The van der Waals surface area contributed by atoms with E-state index in [9.17, 15) is 18.0 Å². The van der Waals surface area contributed by atoms with Crippen molar-refractivity contribution in [2.75, 3.05) is 0 Å². The van der Waals surface area contributed by atoms with Crippen LogP contribution in [0, 0.1) is 0 Å². The molecule has 4 aromatic rings. The molecule has 0 unspecified atom stereocenters. The number of hydrogen-bond donors (Lipinski definition) is 1. The van der Waals surface area contributed by atoms with E-state index < -0.39 is 17.6 Å². The van der Waals surface area contributed by atoms with Crippen LogP contribution >= 0.6 is 23.2 Å². The summed E-state index contributed by atoms with van der Waals surface area (Å²) in [5, 5.41) is 3.68. The Hall–Kier alpha value is -3.33. The summed E-state index contributed by atoms with van der Waals surface area (Å²) >= 11 is 12.3. The normalized spacial score (nSPS) is 11.6. The van der Waals surface area contributed by atoms with Gasteiger partial charge >= 0.3 is 6.18 Å². The molecule has 1 heterocycles. The monoisotopic (exact) mass is 547 g/mol. The van der Waals surface area contributed by atoms with Crippen molar-refractivity contribution in [1.82, 2.24) is 15.2 Å². The van der Waals surface area contributed by atoms with Gasteiger partial charge in [0.15, 0.2) is 5.69 Å². The van der Waals surface area contributed by atoms with Gasteiger partial charge in [-0.05, 0) is 34.9 Å². The quantitative estimate of drug-likeness (QED) is 0.242. The zero-order valence-corrected chi connectivity index (χ0v) is 20.9. The molecule has 0 fully saturated rings. The summed E-state index contributed by atoms with van der Waals surface area (Å²) in [5.74, 6) is -0.161. The molecule has 1 aromatic heterocycles. The van der Waals surface area contributed by atoms with E-state index in [1.807, 2.05) is 35.2 Å². The number of benzene rings is 3. The summed E-state index contributed by atoms with van der Waals surface area (Å²) in [6.45, 7) is 0.894. The molecule has 0 aliphatic heterocycles. The minimum atomic E-state index is -4.45. The molecule has 0 aliphatic rings. The van der Waals surface area contributed by atoms with Crippen molar-refractivity contribution in [3.05, 3.63) is 123 Å². The molecule has 0 aliphatic carbocycles. The van der Waals surface area contributed by atoms with Gasteiger partial charge in [0, 0.05) is 29.7 Å². The molecule has 37 heavy (non-hydrogen) atoms. The van der Waals surface area contributed by atoms with Gasteiger partial charge < -0.3 is 9.73 Å². The number of carbonyl (C=O) groups excluding carboxylic acids is 1. The molecule has 10 heteroatoms.